The van der Waals surface area contributed by atoms with Gasteiger partial charge in [0, 0.05) is 28.4 Å². The monoisotopic (exact) mass is 377 g/mol. The van der Waals surface area contributed by atoms with Crippen LogP contribution < -0.4 is 5.32 Å². The molecule has 6 nitrogen and oxygen atoms in total. The van der Waals surface area contributed by atoms with Crippen LogP contribution in [-0.2, 0) is 16.1 Å². The molecule has 0 radical (unpaired) electrons. The van der Waals surface area contributed by atoms with Crippen LogP contribution in [0, 0.1) is 0 Å². The second kappa shape index (κ2) is 5.55. The van der Waals surface area contributed by atoms with E-state index in [0.717, 1.165) is 0 Å². The number of carbonyl (C=O) groups is 1. The van der Waals surface area contributed by atoms with Gasteiger partial charge in [-0.05, 0) is 34.1 Å². The predicted octanol–water partition coefficient (Wildman–Crippen LogP) is 2.36. The smallest absolute Gasteiger partial charge is 0.275 e. The summed E-state index contributed by atoms with van der Waals surface area (Å²) in [6, 6.07) is 4.07. The van der Waals surface area contributed by atoms with E-state index in [9.17, 15) is 13.2 Å². The minimum absolute atomic E-state index is 0.0538. The zero-order chi connectivity index (χ0) is 14.9. The van der Waals surface area contributed by atoms with Crippen molar-refractivity contribution in [2.24, 2.45) is 7.05 Å². The highest BCUT2D eigenvalue weighted by molar-refractivity contribution is 9.10. The summed E-state index contributed by atoms with van der Waals surface area (Å²) in [5, 5.41) is 2.62. The number of aromatic nitrogens is 2. The first kappa shape index (κ1) is 15.0. The fourth-order valence-electron chi connectivity index (χ4n) is 1.47. The van der Waals surface area contributed by atoms with Crippen LogP contribution in [0.3, 0.4) is 0 Å². The SMILES string of the molecule is Cn1cnc(C(=O)Nc2ccc(S(=O)(=O)Cl)cc2Br)c1. The van der Waals surface area contributed by atoms with Crippen LogP contribution in [0.25, 0.3) is 0 Å². The molecule has 0 aliphatic heterocycles. The van der Waals surface area contributed by atoms with Gasteiger partial charge in [-0.15, -0.1) is 0 Å². The van der Waals surface area contributed by atoms with E-state index in [1.807, 2.05) is 0 Å². The van der Waals surface area contributed by atoms with Crippen molar-refractivity contribution in [2.75, 3.05) is 5.32 Å². The zero-order valence-electron chi connectivity index (χ0n) is 10.2. The first-order valence-electron chi connectivity index (χ1n) is 5.31. The van der Waals surface area contributed by atoms with Crippen LogP contribution in [0.15, 0.2) is 40.1 Å². The van der Waals surface area contributed by atoms with Crippen molar-refractivity contribution in [3.8, 4) is 0 Å². The summed E-state index contributed by atoms with van der Waals surface area (Å²) in [5.41, 5.74) is 0.679. The number of carbonyl (C=O) groups excluding carboxylic acids is 1. The van der Waals surface area contributed by atoms with E-state index in [0.29, 0.717) is 10.2 Å². The molecule has 1 aromatic heterocycles. The van der Waals surface area contributed by atoms with Crippen molar-refractivity contribution in [1.29, 1.82) is 0 Å². The van der Waals surface area contributed by atoms with Crippen molar-refractivity contribution in [2.45, 2.75) is 4.90 Å². The molecular weight excluding hydrogens is 370 g/mol. The molecule has 0 saturated carbocycles. The van der Waals surface area contributed by atoms with Crippen LogP contribution in [0.4, 0.5) is 5.69 Å². The number of aryl methyl sites for hydroxylation is 1. The van der Waals surface area contributed by atoms with Gasteiger partial charge in [-0.2, -0.15) is 0 Å². The number of nitrogens with one attached hydrogen (secondary N) is 1. The van der Waals surface area contributed by atoms with Crippen LogP contribution in [0.2, 0.25) is 0 Å². The molecule has 0 bridgehead atoms. The Labute approximate surface area is 128 Å². The lowest BCUT2D eigenvalue weighted by Crippen LogP contribution is -2.12. The molecule has 0 saturated heterocycles. The van der Waals surface area contributed by atoms with Crippen molar-refractivity contribution >= 4 is 47.3 Å². The lowest BCUT2D eigenvalue weighted by Gasteiger charge is -2.07. The number of rotatable bonds is 3. The molecule has 9 heteroatoms. The lowest BCUT2D eigenvalue weighted by atomic mass is 10.3. The molecule has 1 amide bonds. The average Bonchev–Trinajstić information content (AvgIpc) is 2.77. The van der Waals surface area contributed by atoms with Crippen molar-refractivity contribution < 1.29 is 13.2 Å². The van der Waals surface area contributed by atoms with E-state index in [1.165, 1.54) is 24.5 Å². The third-order valence-electron chi connectivity index (χ3n) is 2.41. The largest absolute Gasteiger partial charge is 0.340 e. The minimum atomic E-state index is -3.81. The molecule has 0 unspecified atom stereocenters. The first-order valence-corrected chi connectivity index (χ1v) is 8.41. The molecule has 0 fully saturated rings. The van der Waals surface area contributed by atoms with Gasteiger partial charge in [0.1, 0.15) is 5.69 Å². The van der Waals surface area contributed by atoms with Crippen LogP contribution in [0.5, 0.6) is 0 Å². The van der Waals surface area contributed by atoms with E-state index in [4.69, 9.17) is 10.7 Å². The summed E-state index contributed by atoms with van der Waals surface area (Å²) >= 11 is 3.18. The van der Waals surface area contributed by atoms with Crippen LogP contribution in [-0.4, -0.2) is 23.9 Å². The van der Waals surface area contributed by atoms with Gasteiger partial charge in [0.05, 0.1) is 16.9 Å². The normalized spacial score (nSPS) is 11.3. The number of hydrogen-bond acceptors (Lipinski definition) is 4. The topological polar surface area (TPSA) is 81.1 Å². The Morgan fingerprint density at radius 3 is 2.65 bits per heavy atom. The number of nitrogens with zero attached hydrogens (tertiary/aromatic N) is 2. The molecule has 0 aliphatic carbocycles. The maximum atomic E-state index is 11.9. The Morgan fingerprint density at radius 2 is 2.15 bits per heavy atom. The highest BCUT2D eigenvalue weighted by atomic mass is 79.9. The van der Waals surface area contributed by atoms with E-state index in [1.54, 1.807) is 17.8 Å². The Balaban J connectivity index is 2.25. The molecule has 2 aromatic rings. The van der Waals surface area contributed by atoms with E-state index < -0.39 is 15.0 Å². The van der Waals surface area contributed by atoms with Crippen molar-refractivity contribution in [3.63, 3.8) is 0 Å². The van der Waals surface area contributed by atoms with Gasteiger partial charge >= 0.3 is 0 Å². The van der Waals surface area contributed by atoms with Gasteiger partial charge in [-0.1, -0.05) is 0 Å². The highest BCUT2D eigenvalue weighted by Crippen LogP contribution is 2.27. The number of anilines is 1. The summed E-state index contributed by atoms with van der Waals surface area (Å²) in [7, 11) is 3.18. The second-order valence-corrected chi connectivity index (χ2v) is 7.38. The quantitative estimate of drug-likeness (QED) is 0.831. The Morgan fingerprint density at radius 1 is 1.45 bits per heavy atom. The van der Waals surface area contributed by atoms with E-state index >= 15 is 0 Å². The zero-order valence-corrected chi connectivity index (χ0v) is 13.3. The molecule has 0 atom stereocenters. The first-order chi connectivity index (χ1) is 9.27. The molecule has 1 heterocycles. The van der Waals surface area contributed by atoms with E-state index in [-0.39, 0.29) is 10.6 Å². The standard InChI is InChI=1S/C11H9BrClN3O3S/c1-16-5-10(14-6-16)11(17)15-9-3-2-7(4-8(9)12)20(13,18)19/h2-6H,1H3,(H,15,17). The Bertz CT molecular complexity index is 773. The Hall–Kier alpha value is -1.38. The minimum Gasteiger partial charge on any atom is -0.340 e. The molecule has 106 valence electrons. The Kier molecular flexibility index (Phi) is 4.17. The molecular formula is C11H9BrClN3O3S. The summed E-state index contributed by atoms with van der Waals surface area (Å²) < 4.78 is 24.4. The van der Waals surface area contributed by atoms with Gasteiger partial charge in [-0.25, -0.2) is 13.4 Å². The predicted molar refractivity (Wildman–Crippen MR) is 78.3 cm³/mol. The molecule has 1 aromatic carbocycles. The summed E-state index contributed by atoms with van der Waals surface area (Å²) in [4.78, 5) is 15.8. The lowest BCUT2D eigenvalue weighted by molar-refractivity contribution is 0.102. The summed E-state index contributed by atoms with van der Waals surface area (Å²) in [6.45, 7) is 0. The van der Waals surface area contributed by atoms with Crippen LogP contribution in [0.1, 0.15) is 10.5 Å². The van der Waals surface area contributed by atoms with Crippen molar-refractivity contribution in [1.82, 2.24) is 9.55 Å². The maximum Gasteiger partial charge on any atom is 0.275 e. The summed E-state index contributed by atoms with van der Waals surface area (Å²) in [5.74, 6) is -0.396. The maximum absolute atomic E-state index is 11.9. The molecule has 0 spiro atoms. The van der Waals surface area contributed by atoms with Gasteiger partial charge in [-0.3, -0.25) is 4.79 Å². The van der Waals surface area contributed by atoms with Gasteiger partial charge in [0.15, 0.2) is 0 Å². The molecule has 0 aliphatic rings. The van der Waals surface area contributed by atoms with Gasteiger partial charge in [0.2, 0.25) is 0 Å². The number of hydrogen-bond donors (Lipinski definition) is 1. The van der Waals surface area contributed by atoms with Crippen LogP contribution >= 0.6 is 26.6 Å². The van der Waals surface area contributed by atoms with E-state index in [2.05, 4.69) is 26.2 Å². The molecule has 2 rings (SSSR count). The van der Waals surface area contributed by atoms with Gasteiger partial charge < -0.3 is 9.88 Å². The number of amides is 1. The number of halogens is 2. The third kappa shape index (κ3) is 3.38. The van der Waals surface area contributed by atoms with Gasteiger partial charge in [0.25, 0.3) is 15.0 Å². The fraction of sp³-hybridized carbons (Fsp3) is 0.0909. The molecule has 20 heavy (non-hydrogen) atoms. The summed E-state index contributed by atoms with van der Waals surface area (Å²) in [6.07, 6.45) is 3.08. The average molecular weight is 379 g/mol. The third-order valence-corrected chi connectivity index (χ3v) is 4.42. The van der Waals surface area contributed by atoms with Crippen molar-refractivity contribution in [3.05, 3.63) is 40.9 Å². The highest BCUT2D eigenvalue weighted by Gasteiger charge is 2.14. The second-order valence-electron chi connectivity index (χ2n) is 3.96. The molecule has 1 N–H and O–H groups in total. The fourth-order valence-corrected chi connectivity index (χ4v) is 2.87. The number of imidazole rings is 1. The number of benzene rings is 1.